The number of likely N-dealkylation sites (N-methyl/N-ethyl adjacent to an activating group) is 2. The van der Waals surface area contributed by atoms with E-state index in [2.05, 4.69) is 72.2 Å². The van der Waals surface area contributed by atoms with Crippen molar-refractivity contribution in [2.24, 2.45) is 13.2 Å². The van der Waals surface area contributed by atoms with Crippen molar-refractivity contribution in [3.63, 3.8) is 0 Å². The molecule has 127 heavy (non-hydrogen) atoms. The maximum absolute atomic E-state index is 13.2. The van der Waals surface area contributed by atoms with Crippen molar-refractivity contribution >= 4 is 236 Å². The van der Waals surface area contributed by atoms with Gasteiger partial charge in [-0.1, -0.05) is 23.2 Å². The second-order valence-electron chi connectivity index (χ2n) is 22.5. The minimum Gasteiger partial charge on any atom is -1.00 e. The Morgan fingerprint density at radius 2 is 1.02 bits per heavy atom. The zero-order valence-electron chi connectivity index (χ0n) is 72.7. The molecule has 0 saturated carbocycles. The molecule has 691 valence electrons. The summed E-state index contributed by atoms with van der Waals surface area (Å²) in [7, 11) is -3.27. The average molecular weight is 2020 g/mol. The minimum absolute atomic E-state index is 0. The molecule has 0 spiro atoms. The van der Waals surface area contributed by atoms with E-state index in [0.717, 1.165) is 72.6 Å². The molecule has 56 heteroatoms. The van der Waals surface area contributed by atoms with Crippen LogP contribution in [0.3, 0.4) is 0 Å². The number of nitrogens with zero attached hydrogens (tertiary/aromatic N) is 12. The molecule has 11 rings (SSSR count). The zero-order valence-corrected chi connectivity index (χ0v) is 82.4. The Bertz CT molecular complexity index is 5560. The Labute approximate surface area is 796 Å². The van der Waals surface area contributed by atoms with E-state index in [1.165, 1.54) is 145 Å². The van der Waals surface area contributed by atoms with Crippen molar-refractivity contribution in [3.05, 3.63) is 185 Å². The number of aryl methyl sites for hydroxylation is 6. The molecule has 3 aliphatic rings. The normalized spacial score (nSPS) is 12.7. The van der Waals surface area contributed by atoms with Crippen LogP contribution in [0.25, 0.3) is 5.70 Å². The number of alkyl halides is 1. The number of hydroxylamine groups is 2. The number of rotatable bonds is 15. The number of esters is 3. The zero-order chi connectivity index (χ0) is 96.0. The summed E-state index contributed by atoms with van der Waals surface area (Å²) < 4.78 is 139. The van der Waals surface area contributed by atoms with Crippen LogP contribution >= 0.6 is 104 Å². The first-order valence-electron chi connectivity index (χ1n) is 34.4. The van der Waals surface area contributed by atoms with Crippen molar-refractivity contribution in [3.8, 4) is 0 Å². The number of nitrogen functional groups attached to an aromatic ring is 1. The van der Waals surface area contributed by atoms with E-state index in [0.29, 0.717) is 25.7 Å². The van der Waals surface area contributed by atoms with E-state index in [1.54, 1.807) is 63.2 Å². The van der Waals surface area contributed by atoms with Crippen LogP contribution in [-0.2, 0) is 88.0 Å². The SMILES string of the molecule is CC(=O)c1ncc(C)s1.CCO.CO.COC(=O)C(=O)CC(=O)c1ncc(C)s1.COC(=O)C(=O)OC.CON(C)C(C)=O.Cc1cnc(C2=CC(C(=O)CO)=NS(=O)(=O)N2)s1.Cc1cnc(C2=NS(=O)(=O)N(C)C(C(=O)CO)=C2)s1.Cc1cnc(C2=NS(=O)(=O)N(C)C(C(=O)Nc3ccc(F)c(Cl)c3)=C2)s1.Cc1cncs1.Cl.Nc1ccc(F)c(Cl)c1.[2H]CF.[B].[H-].[Na+]. The molecule has 0 fully saturated rings. The topological polar surface area (TPSA) is 565 Å². The predicted octanol–water partition coefficient (Wildman–Crippen LogP) is 4.91. The van der Waals surface area contributed by atoms with Crippen molar-refractivity contribution in [2.45, 2.75) is 68.7 Å². The third-order valence-corrected chi connectivity index (χ3v) is 22.8. The monoisotopic (exact) mass is 2020 g/mol. The molecule has 0 saturated heterocycles. The molecular formula is C71H88BCl3F3N15NaO24S9. The van der Waals surface area contributed by atoms with E-state index < -0.39 is 116 Å². The molecule has 0 aliphatic carbocycles. The van der Waals surface area contributed by atoms with E-state index in [9.17, 15) is 86.4 Å². The van der Waals surface area contributed by atoms with Gasteiger partial charge in [0.1, 0.15) is 68.4 Å². The van der Waals surface area contributed by atoms with Gasteiger partial charge in [0.05, 0.1) is 64.6 Å². The van der Waals surface area contributed by atoms with Crippen molar-refractivity contribution in [2.75, 3.05) is 94.7 Å². The molecular weight excluding hydrogens is 1930 g/mol. The Balaban J connectivity index is -0.000000455. The molecule has 8 aromatic rings. The first-order valence-corrected chi connectivity index (χ1v) is 43.6. The number of hydrogen-bond donors (Lipinski definition) is 7. The van der Waals surface area contributed by atoms with Gasteiger partial charge < -0.3 is 47.1 Å². The number of nitrogens with one attached hydrogen (secondary N) is 2. The fourth-order valence-corrected chi connectivity index (χ4v) is 14.6. The number of ether oxygens (including phenoxy) is 3. The number of amides is 2. The van der Waals surface area contributed by atoms with Gasteiger partial charge in [0.2, 0.25) is 23.3 Å². The van der Waals surface area contributed by atoms with Gasteiger partial charge in [-0.15, -0.1) is 93.6 Å². The number of allylic oxidation sites excluding steroid dienone is 3. The number of nitrogens with two attached hydrogens (primary N) is 1. The molecule has 6 aromatic heterocycles. The summed E-state index contributed by atoms with van der Waals surface area (Å²) in [6.45, 7) is 14.6. The van der Waals surface area contributed by atoms with Crippen LogP contribution in [0.2, 0.25) is 10.0 Å². The maximum atomic E-state index is 13.2. The Hall–Kier alpha value is -9.28. The first kappa shape index (κ1) is 122. The molecule has 2 aromatic carbocycles. The third-order valence-electron chi connectivity index (χ3n) is 13.2. The summed E-state index contributed by atoms with van der Waals surface area (Å²) in [5.74, 6) is -7.54. The quantitative estimate of drug-likeness (QED) is 0.0105. The van der Waals surface area contributed by atoms with Crippen LogP contribution in [0.15, 0.2) is 122 Å². The number of carbonyl (C=O) groups is 10. The Kier molecular flexibility index (Phi) is 60.3. The molecule has 8 N–H and O–H groups in total. The number of Topliss-reactive ketones (excluding diaryl/α,β-unsaturated/α-hetero) is 5. The second-order valence-corrected chi connectivity index (χ2v) is 35.2. The van der Waals surface area contributed by atoms with Gasteiger partial charge in [0.15, 0.2) is 21.6 Å². The van der Waals surface area contributed by atoms with Crippen LogP contribution in [0, 0.1) is 53.2 Å². The number of carbonyl (C=O) groups excluding carboxylic acids is 10. The number of aliphatic hydroxyl groups excluding tert-OH is 4. The fourth-order valence-electron chi connectivity index (χ4n) is 7.35. The smallest absolute Gasteiger partial charge is 1.00 e. The van der Waals surface area contributed by atoms with Crippen molar-refractivity contribution in [1.82, 2.24) is 48.3 Å². The number of benzene rings is 2. The van der Waals surface area contributed by atoms with Crippen LogP contribution in [0.1, 0.15) is 93.9 Å². The van der Waals surface area contributed by atoms with Crippen molar-refractivity contribution < 1.29 is 158 Å². The summed E-state index contributed by atoms with van der Waals surface area (Å²) >= 11 is 19.2. The number of thiazole rings is 6. The largest absolute Gasteiger partial charge is 1.00 e. The number of anilines is 2. The number of aromatic nitrogens is 6. The molecule has 3 radical (unpaired) electrons. The molecule has 9 heterocycles. The van der Waals surface area contributed by atoms with Crippen molar-refractivity contribution in [1.29, 1.82) is 0 Å². The number of aliphatic hydroxyl groups is 4. The standard InChI is InChI=1S/C15H12ClFN4O3S2.C10H11N3O4S2.C9H9N3O4S2.C9H9NO4S.C6H5ClFN.C6H7NOS.C4H9NO2.C4H5NS.C4H6O4.C2H6O.CH3F.CH4O.B.ClH.Na.H/c1-8-7-18-15(25-8)12-6-13(21(2)26(23,24)20-12)14(22)19-9-3-4-11(17)10(16)5-9;1-6-4-11-10(18-6)7-3-8(9(15)5-14)13(2)19(16,17)12-7;1-5-3-10-9(17-5)7-2-6(8(14)4-13)11-18(15,16)12-7;1-5-4-10-8(15-5)6(11)3-7(12)9(13)14-2;7-5-3-4(9)1-2-6(5)8;1-4-3-7-6(9-4)5(2)8;1-4(6)5(2)7-3;1-4-2-5-3-6-4;1-7-3(5)4(6)8-2;1-2-3;2*1-2;;;;/h3-7H,1-2H3,(H,19,22);3-4,14H,5H2,1-2H3;2-3,12-13H,4H2,1H3;4H,3H2,1-2H3;1-3H,9H2;3H,1-2H3;1-3H3;2-3H,1H3;1-2H3;3H,2H2,1H3;1H3;2H,1H3;;1H;;/q;;;;;;;;;;;;;;+1;-1/i;;;;;;;;;;1D;;;;;. The molecule has 39 nitrogen and oxygen atoms in total. The van der Waals surface area contributed by atoms with Crippen LogP contribution in [0.5, 0.6) is 0 Å². The van der Waals surface area contributed by atoms with Gasteiger partial charge in [-0.3, -0.25) is 56.8 Å². The molecule has 0 unspecified atom stereocenters. The summed E-state index contributed by atoms with van der Waals surface area (Å²) in [4.78, 5) is 144. The van der Waals surface area contributed by atoms with Gasteiger partial charge in [0, 0.05) is 135 Å². The summed E-state index contributed by atoms with van der Waals surface area (Å²) in [6, 6.07) is 7.71. The fraction of sp³-hybridized carbons (Fsp3) is 0.310. The second kappa shape index (κ2) is 62.8. The van der Waals surface area contributed by atoms with Crippen LogP contribution in [0.4, 0.5) is 24.5 Å². The summed E-state index contributed by atoms with van der Waals surface area (Å²) in [6.07, 6.45) is 13.3. The summed E-state index contributed by atoms with van der Waals surface area (Å²) in [5.41, 5.74) is 7.58. The number of methoxy groups -OCH3 is 3. The average Bonchev–Trinajstić information content (AvgIpc) is 1.77. The van der Waals surface area contributed by atoms with Gasteiger partial charge in [-0.05, 0) is 103 Å². The number of ketones is 5. The van der Waals surface area contributed by atoms with E-state index in [4.69, 9.17) is 50.7 Å². The van der Waals surface area contributed by atoms with Crippen LogP contribution in [-0.4, -0.2) is 257 Å². The molecule has 0 atom stereocenters. The Morgan fingerprint density at radius 3 is 1.35 bits per heavy atom. The predicted molar refractivity (Wildman–Crippen MR) is 479 cm³/mol. The van der Waals surface area contributed by atoms with E-state index >= 15 is 0 Å². The van der Waals surface area contributed by atoms with Gasteiger partial charge >= 0.3 is 78.1 Å². The first-order chi connectivity index (χ1) is 58.5. The number of hydrogen-bond acceptors (Lipinski definition) is 37. The Morgan fingerprint density at radius 1 is 0.606 bits per heavy atom. The maximum Gasteiger partial charge on any atom is 1.00 e. The molecule has 2 amide bonds. The van der Waals surface area contributed by atoms with Gasteiger partial charge in [-0.25, -0.2) is 57.5 Å². The molecule has 3 aliphatic heterocycles. The molecule has 0 bridgehead atoms. The van der Waals surface area contributed by atoms with E-state index in [-0.39, 0.29) is 125 Å². The van der Waals surface area contributed by atoms with Gasteiger partial charge in [0.25, 0.3) is 5.91 Å². The number of halogens is 6. The van der Waals surface area contributed by atoms with Gasteiger partial charge in [-0.2, -0.15) is 25.3 Å². The van der Waals surface area contributed by atoms with E-state index in [1.807, 2.05) is 46.3 Å². The van der Waals surface area contributed by atoms with Crippen LogP contribution < -0.4 is 45.3 Å². The third kappa shape index (κ3) is 45.0. The minimum atomic E-state index is -4.08. The summed E-state index contributed by atoms with van der Waals surface area (Å²) in [5, 5.41) is 37.8.